The van der Waals surface area contributed by atoms with E-state index in [0.29, 0.717) is 5.76 Å². The molecule has 1 heterocycles. The lowest BCUT2D eigenvalue weighted by atomic mass is 10.2. The number of aliphatic imine (C=N–C) groups is 1. The molecule has 0 unspecified atom stereocenters. The molecule has 2 nitrogen and oxygen atoms in total. The van der Waals surface area contributed by atoms with E-state index >= 15 is 0 Å². The molecule has 5 heteroatoms. The number of hydrogen-bond acceptors (Lipinski definition) is 3. The Labute approximate surface area is 156 Å². The van der Waals surface area contributed by atoms with Crippen LogP contribution in [0.3, 0.4) is 0 Å². The van der Waals surface area contributed by atoms with Gasteiger partial charge in [-0.1, -0.05) is 41.6 Å². The molecule has 0 radical (unpaired) electrons. The zero-order chi connectivity index (χ0) is 16.2. The van der Waals surface area contributed by atoms with Crippen LogP contribution in [0.5, 0.6) is 0 Å². The second-order valence-corrected chi connectivity index (χ2v) is 7.66. The number of halogens is 2. The highest BCUT2D eigenvalue weighted by molar-refractivity contribution is 9.10. The molecule has 0 amide bonds. The molecule has 0 saturated carbocycles. The molecule has 0 bridgehead atoms. The van der Waals surface area contributed by atoms with Crippen LogP contribution >= 0.6 is 43.6 Å². The van der Waals surface area contributed by atoms with Crippen molar-refractivity contribution in [3.63, 3.8) is 0 Å². The Kier molecular flexibility index (Phi) is 5.41. The van der Waals surface area contributed by atoms with Crippen molar-refractivity contribution in [2.45, 2.75) is 16.9 Å². The molecule has 23 heavy (non-hydrogen) atoms. The molecule has 116 valence electrons. The molecule has 0 N–H and O–H groups in total. The summed E-state index contributed by atoms with van der Waals surface area (Å²) in [6.45, 7) is 2.08. The van der Waals surface area contributed by atoms with Crippen molar-refractivity contribution in [3.05, 3.63) is 74.9 Å². The lowest BCUT2D eigenvalue weighted by molar-refractivity contribution is 0.466. The highest BCUT2D eigenvalue weighted by Crippen LogP contribution is 2.36. The third-order valence-electron chi connectivity index (χ3n) is 3.09. The van der Waals surface area contributed by atoms with Crippen LogP contribution in [0, 0.1) is 6.92 Å². The molecule has 3 aromatic rings. The lowest BCUT2D eigenvalue weighted by Crippen LogP contribution is -1.75. The minimum absolute atomic E-state index is 0.710. The van der Waals surface area contributed by atoms with Crippen LogP contribution in [0.4, 0.5) is 5.69 Å². The van der Waals surface area contributed by atoms with E-state index in [1.807, 2.05) is 30.3 Å². The first-order valence-corrected chi connectivity index (χ1v) is 9.34. The van der Waals surface area contributed by atoms with Crippen LogP contribution in [-0.4, -0.2) is 6.21 Å². The maximum atomic E-state index is 5.86. The van der Waals surface area contributed by atoms with Crippen molar-refractivity contribution in [3.8, 4) is 0 Å². The maximum Gasteiger partial charge on any atom is 0.179 e. The number of furan rings is 1. The highest BCUT2D eigenvalue weighted by atomic mass is 79.9. The fraction of sp³-hybridized carbons (Fsp3) is 0.0556. The summed E-state index contributed by atoms with van der Waals surface area (Å²) in [5.74, 6) is 0.710. The maximum absolute atomic E-state index is 5.86. The number of hydrogen-bond donors (Lipinski definition) is 0. The molecule has 0 saturated heterocycles. The Morgan fingerprint density at radius 1 is 1.00 bits per heavy atom. The number of benzene rings is 2. The Morgan fingerprint density at radius 2 is 1.74 bits per heavy atom. The average molecular weight is 451 g/mol. The zero-order valence-electron chi connectivity index (χ0n) is 12.3. The molecule has 0 fully saturated rings. The van der Waals surface area contributed by atoms with E-state index in [0.717, 1.165) is 24.6 Å². The van der Waals surface area contributed by atoms with Crippen LogP contribution in [0.25, 0.3) is 0 Å². The van der Waals surface area contributed by atoms with Crippen LogP contribution in [-0.2, 0) is 0 Å². The van der Waals surface area contributed by atoms with Crippen LogP contribution in [0.15, 0.2) is 82.9 Å². The number of aryl methyl sites for hydroxylation is 1. The number of nitrogens with zero attached hydrogens (tertiary/aromatic N) is 1. The topological polar surface area (TPSA) is 25.5 Å². The summed E-state index contributed by atoms with van der Waals surface area (Å²) >= 11 is 8.61. The van der Waals surface area contributed by atoms with Crippen LogP contribution in [0.1, 0.15) is 11.3 Å². The highest BCUT2D eigenvalue weighted by Gasteiger charge is 2.09. The molecule has 0 aliphatic heterocycles. The Morgan fingerprint density at radius 3 is 2.48 bits per heavy atom. The summed E-state index contributed by atoms with van der Waals surface area (Å²) in [4.78, 5) is 5.59. The van der Waals surface area contributed by atoms with E-state index in [1.165, 1.54) is 5.56 Å². The van der Waals surface area contributed by atoms with Gasteiger partial charge in [-0.05, 0) is 63.0 Å². The third kappa shape index (κ3) is 4.37. The lowest BCUT2D eigenvalue weighted by Gasteiger charge is -1.99. The fourth-order valence-electron chi connectivity index (χ4n) is 1.91. The molecule has 0 atom stereocenters. The van der Waals surface area contributed by atoms with Gasteiger partial charge in [0.15, 0.2) is 5.09 Å². The number of rotatable bonds is 4. The molecule has 0 aliphatic carbocycles. The quantitative estimate of drug-likeness (QED) is 0.399. The molecular formula is C18H13Br2NOS. The van der Waals surface area contributed by atoms with E-state index < -0.39 is 0 Å². The summed E-state index contributed by atoms with van der Waals surface area (Å²) in [5.41, 5.74) is 2.11. The molecule has 0 spiro atoms. The van der Waals surface area contributed by atoms with Gasteiger partial charge in [-0.15, -0.1) is 0 Å². The van der Waals surface area contributed by atoms with Crippen molar-refractivity contribution in [1.82, 2.24) is 0 Å². The first-order valence-electron chi connectivity index (χ1n) is 6.94. The minimum atomic E-state index is 0.710. The van der Waals surface area contributed by atoms with Crippen LogP contribution < -0.4 is 0 Å². The van der Waals surface area contributed by atoms with E-state index in [4.69, 9.17) is 4.42 Å². The average Bonchev–Trinajstić information content (AvgIpc) is 2.89. The molecule has 3 rings (SSSR count). The Balaban J connectivity index is 1.78. The van der Waals surface area contributed by atoms with Crippen molar-refractivity contribution in [1.29, 1.82) is 0 Å². The zero-order valence-corrected chi connectivity index (χ0v) is 16.3. The summed E-state index contributed by atoms with van der Waals surface area (Å²) in [6.07, 6.45) is 1.73. The van der Waals surface area contributed by atoms with Crippen LogP contribution in [0.2, 0.25) is 0 Å². The largest absolute Gasteiger partial charge is 0.447 e. The first-order chi connectivity index (χ1) is 11.1. The smallest absolute Gasteiger partial charge is 0.179 e. The summed E-state index contributed by atoms with van der Waals surface area (Å²) in [7, 11) is 0. The van der Waals surface area contributed by atoms with Gasteiger partial charge in [-0.2, -0.15) is 0 Å². The van der Waals surface area contributed by atoms with Gasteiger partial charge in [-0.3, -0.25) is 4.99 Å². The van der Waals surface area contributed by atoms with Gasteiger partial charge in [0.05, 0.1) is 16.4 Å². The van der Waals surface area contributed by atoms with Gasteiger partial charge in [0.25, 0.3) is 0 Å². The predicted molar refractivity (Wildman–Crippen MR) is 103 cm³/mol. The van der Waals surface area contributed by atoms with E-state index in [1.54, 1.807) is 18.0 Å². The van der Waals surface area contributed by atoms with Gasteiger partial charge in [0.1, 0.15) is 5.76 Å². The molecule has 2 aromatic carbocycles. The van der Waals surface area contributed by atoms with Gasteiger partial charge in [-0.25, -0.2) is 0 Å². The molecule has 1 aromatic heterocycles. The second kappa shape index (κ2) is 7.51. The van der Waals surface area contributed by atoms with Crippen molar-refractivity contribution >= 4 is 55.5 Å². The Bertz CT molecular complexity index is 840. The molecular weight excluding hydrogens is 438 g/mol. The standard InChI is InChI=1S/C18H13Br2NOS/c1-12-6-8-14(9-7-12)23-18-16(20)10-13(22-18)11-21-17-5-3-2-4-15(17)19/h2-11H,1H3. The second-order valence-electron chi connectivity index (χ2n) is 4.91. The van der Waals surface area contributed by atoms with E-state index in [-0.39, 0.29) is 0 Å². The Hall–Kier alpha value is -1.30. The van der Waals surface area contributed by atoms with Crippen molar-refractivity contribution < 1.29 is 4.42 Å². The minimum Gasteiger partial charge on any atom is -0.447 e. The summed E-state index contributed by atoms with van der Waals surface area (Å²) in [5, 5.41) is 0.822. The van der Waals surface area contributed by atoms with Gasteiger partial charge in [0, 0.05) is 15.4 Å². The van der Waals surface area contributed by atoms with Gasteiger partial charge >= 0.3 is 0 Å². The van der Waals surface area contributed by atoms with Crippen molar-refractivity contribution in [2.75, 3.05) is 0 Å². The third-order valence-corrected chi connectivity index (χ3v) is 5.61. The first kappa shape index (κ1) is 16.6. The van der Waals surface area contributed by atoms with E-state index in [9.17, 15) is 0 Å². The monoisotopic (exact) mass is 449 g/mol. The fourth-order valence-corrected chi connectivity index (χ4v) is 3.62. The van der Waals surface area contributed by atoms with Gasteiger partial charge in [0.2, 0.25) is 0 Å². The molecule has 0 aliphatic rings. The SMILES string of the molecule is Cc1ccc(Sc2oc(C=Nc3ccccc3Br)cc2Br)cc1. The summed E-state index contributed by atoms with van der Waals surface area (Å²) < 4.78 is 7.74. The normalized spacial score (nSPS) is 11.3. The summed E-state index contributed by atoms with van der Waals surface area (Å²) in [6, 6.07) is 18.1. The van der Waals surface area contributed by atoms with E-state index in [2.05, 4.69) is 68.0 Å². The predicted octanol–water partition coefficient (Wildman–Crippen LogP) is 7.01. The van der Waals surface area contributed by atoms with Gasteiger partial charge < -0.3 is 4.42 Å². The van der Waals surface area contributed by atoms with Crippen molar-refractivity contribution in [2.24, 2.45) is 4.99 Å². The number of para-hydroxylation sites is 1.